The van der Waals surface area contributed by atoms with Gasteiger partial charge in [-0.25, -0.2) is 5.43 Å². The van der Waals surface area contributed by atoms with Gasteiger partial charge in [-0.1, -0.05) is 18.2 Å². The molecule has 2 aromatic heterocycles. The highest BCUT2D eigenvalue weighted by Gasteiger charge is 2.19. The zero-order valence-corrected chi connectivity index (χ0v) is 11.5. The molecule has 0 saturated carbocycles. The number of hydrogen-bond donors (Lipinski definition) is 2. The predicted molar refractivity (Wildman–Crippen MR) is 78.9 cm³/mol. The Morgan fingerprint density at radius 2 is 2.10 bits per heavy atom. The Labute approximate surface area is 117 Å². The predicted octanol–water partition coefficient (Wildman–Crippen LogP) is 1.83. The zero-order chi connectivity index (χ0) is 14.1. The maximum Gasteiger partial charge on any atom is 0.0749 e. The third-order valence-electron chi connectivity index (χ3n) is 3.56. The van der Waals surface area contributed by atoms with Gasteiger partial charge in [-0.15, -0.1) is 0 Å². The van der Waals surface area contributed by atoms with Crippen molar-refractivity contribution in [3.63, 3.8) is 0 Å². The zero-order valence-electron chi connectivity index (χ0n) is 11.5. The number of hydrogen-bond acceptors (Lipinski definition) is 4. The molecule has 0 fully saturated rings. The van der Waals surface area contributed by atoms with E-state index in [4.69, 9.17) is 5.84 Å². The van der Waals surface area contributed by atoms with Crippen LogP contribution in [0.3, 0.4) is 0 Å². The van der Waals surface area contributed by atoms with Crippen molar-refractivity contribution in [2.75, 3.05) is 0 Å². The quantitative estimate of drug-likeness (QED) is 0.561. The van der Waals surface area contributed by atoms with Gasteiger partial charge in [-0.2, -0.15) is 5.10 Å². The summed E-state index contributed by atoms with van der Waals surface area (Å²) in [7, 11) is 1.91. The van der Waals surface area contributed by atoms with E-state index < -0.39 is 0 Å². The molecule has 1 atom stereocenters. The maximum absolute atomic E-state index is 5.80. The molecule has 2 heterocycles. The number of fused-ring (bicyclic) bond motifs is 1. The Hall–Kier alpha value is -2.24. The lowest BCUT2D eigenvalue weighted by molar-refractivity contribution is 0.637. The summed E-state index contributed by atoms with van der Waals surface area (Å²) in [6, 6.07) is 8.08. The molecule has 102 valence electrons. The molecule has 20 heavy (non-hydrogen) atoms. The van der Waals surface area contributed by atoms with Crippen LogP contribution in [0.4, 0.5) is 0 Å². The molecule has 0 bridgehead atoms. The molecule has 0 spiro atoms. The fraction of sp³-hybridized carbons (Fsp3) is 0.200. The molecular weight excluding hydrogens is 250 g/mol. The van der Waals surface area contributed by atoms with Crippen LogP contribution in [0.1, 0.15) is 22.9 Å². The lowest BCUT2D eigenvalue weighted by atomic mass is 9.95. The Morgan fingerprint density at radius 3 is 2.80 bits per heavy atom. The van der Waals surface area contributed by atoms with Crippen molar-refractivity contribution in [2.45, 2.75) is 13.0 Å². The van der Waals surface area contributed by atoms with Crippen molar-refractivity contribution >= 4 is 10.8 Å². The molecule has 3 aromatic rings. The number of aryl methyl sites for hydroxylation is 2. The first-order valence-corrected chi connectivity index (χ1v) is 6.49. The molecule has 5 heteroatoms. The van der Waals surface area contributed by atoms with E-state index in [1.165, 1.54) is 0 Å². The highest BCUT2D eigenvalue weighted by Crippen LogP contribution is 2.29. The van der Waals surface area contributed by atoms with E-state index in [0.717, 1.165) is 27.6 Å². The van der Waals surface area contributed by atoms with Crippen LogP contribution in [0.25, 0.3) is 10.8 Å². The molecule has 5 nitrogen and oxygen atoms in total. The van der Waals surface area contributed by atoms with E-state index in [1.54, 1.807) is 10.9 Å². The second kappa shape index (κ2) is 5.03. The van der Waals surface area contributed by atoms with Gasteiger partial charge >= 0.3 is 0 Å². The van der Waals surface area contributed by atoms with Crippen molar-refractivity contribution in [1.82, 2.24) is 20.2 Å². The maximum atomic E-state index is 5.80. The molecule has 0 radical (unpaired) electrons. The van der Waals surface area contributed by atoms with E-state index >= 15 is 0 Å². The van der Waals surface area contributed by atoms with Gasteiger partial charge in [0.1, 0.15) is 0 Å². The summed E-state index contributed by atoms with van der Waals surface area (Å²) >= 11 is 0. The van der Waals surface area contributed by atoms with Gasteiger partial charge in [0, 0.05) is 36.6 Å². The summed E-state index contributed by atoms with van der Waals surface area (Å²) in [5.74, 6) is 5.80. The van der Waals surface area contributed by atoms with Gasteiger partial charge in [-0.05, 0) is 23.9 Å². The van der Waals surface area contributed by atoms with Gasteiger partial charge in [0.2, 0.25) is 0 Å². The molecule has 0 aliphatic heterocycles. The first-order valence-electron chi connectivity index (χ1n) is 6.49. The van der Waals surface area contributed by atoms with Crippen molar-refractivity contribution in [1.29, 1.82) is 0 Å². The smallest absolute Gasteiger partial charge is 0.0749 e. The third-order valence-corrected chi connectivity index (χ3v) is 3.56. The summed E-state index contributed by atoms with van der Waals surface area (Å²) in [5, 5.41) is 6.64. The Bertz CT molecular complexity index is 742. The minimum atomic E-state index is -0.100. The topological polar surface area (TPSA) is 68.8 Å². The van der Waals surface area contributed by atoms with Crippen molar-refractivity contribution < 1.29 is 0 Å². The normalized spacial score (nSPS) is 12.8. The number of hydrazine groups is 1. The molecular formula is C15H17N5. The Balaban J connectivity index is 2.19. The standard InChI is InChI=1S/C15H17N5/c1-10-14(9-20(2)19-10)15(18-16)12-5-3-4-11-6-7-17-8-13(11)12/h3-9,15,18H,16H2,1-2H3. The number of aromatic nitrogens is 3. The van der Waals surface area contributed by atoms with Gasteiger partial charge in [0.25, 0.3) is 0 Å². The van der Waals surface area contributed by atoms with Gasteiger partial charge < -0.3 is 0 Å². The number of nitrogens with two attached hydrogens (primary N) is 1. The minimum absolute atomic E-state index is 0.100. The Kier molecular flexibility index (Phi) is 3.22. The van der Waals surface area contributed by atoms with Crippen LogP contribution in [0.2, 0.25) is 0 Å². The highest BCUT2D eigenvalue weighted by molar-refractivity contribution is 5.85. The van der Waals surface area contributed by atoms with Crippen molar-refractivity contribution in [2.24, 2.45) is 12.9 Å². The monoisotopic (exact) mass is 267 g/mol. The van der Waals surface area contributed by atoms with Gasteiger partial charge in [0.15, 0.2) is 0 Å². The summed E-state index contributed by atoms with van der Waals surface area (Å²) in [4.78, 5) is 4.22. The highest BCUT2D eigenvalue weighted by atomic mass is 15.3. The van der Waals surface area contributed by atoms with E-state index in [0.29, 0.717) is 0 Å². The van der Waals surface area contributed by atoms with Crippen LogP contribution in [-0.4, -0.2) is 14.8 Å². The fourth-order valence-corrected chi connectivity index (χ4v) is 2.64. The van der Waals surface area contributed by atoms with Crippen LogP contribution >= 0.6 is 0 Å². The number of nitrogens with zero attached hydrogens (tertiary/aromatic N) is 3. The molecule has 1 aromatic carbocycles. The van der Waals surface area contributed by atoms with Gasteiger partial charge in [0.05, 0.1) is 11.7 Å². The first kappa shape index (κ1) is 12.8. The van der Waals surface area contributed by atoms with Crippen LogP contribution < -0.4 is 11.3 Å². The number of nitrogens with one attached hydrogen (secondary N) is 1. The molecule has 1 unspecified atom stereocenters. The summed E-state index contributed by atoms with van der Waals surface area (Å²) in [6.07, 6.45) is 5.67. The first-order chi connectivity index (χ1) is 9.70. The molecule has 0 aliphatic carbocycles. The average Bonchev–Trinajstić information content (AvgIpc) is 2.79. The largest absolute Gasteiger partial charge is 0.275 e. The lowest BCUT2D eigenvalue weighted by Gasteiger charge is -2.17. The van der Waals surface area contributed by atoms with Crippen LogP contribution in [0.5, 0.6) is 0 Å². The second-order valence-corrected chi connectivity index (χ2v) is 4.89. The van der Waals surface area contributed by atoms with E-state index in [-0.39, 0.29) is 6.04 Å². The summed E-state index contributed by atoms with van der Waals surface area (Å²) in [5.41, 5.74) is 6.05. The van der Waals surface area contributed by atoms with Crippen molar-refractivity contribution in [3.8, 4) is 0 Å². The number of rotatable bonds is 3. The molecule has 0 aliphatic rings. The summed E-state index contributed by atoms with van der Waals surface area (Å²) in [6.45, 7) is 1.99. The lowest BCUT2D eigenvalue weighted by Crippen LogP contribution is -2.29. The molecule has 3 rings (SSSR count). The SMILES string of the molecule is Cc1nn(C)cc1C(NN)c1cccc2ccncc12. The van der Waals surface area contributed by atoms with Gasteiger partial charge in [-0.3, -0.25) is 15.5 Å². The number of benzene rings is 1. The van der Waals surface area contributed by atoms with Crippen LogP contribution in [-0.2, 0) is 7.05 Å². The minimum Gasteiger partial charge on any atom is -0.275 e. The van der Waals surface area contributed by atoms with E-state index in [9.17, 15) is 0 Å². The summed E-state index contributed by atoms with van der Waals surface area (Å²) < 4.78 is 1.80. The molecule has 3 N–H and O–H groups in total. The van der Waals surface area contributed by atoms with Crippen LogP contribution in [0.15, 0.2) is 42.9 Å². The molecule has 0 amide bonds. The third kappa shape index (κ3) is 2.07. The Morgan fingerprint density at radius 1 is 1.25 bits per heavy atom. The average molecular weight is 267 g/mol. The molecule has 0 saturated heterocycles. The van der Waals surface area contributed by atoms with Crippen LogP contribution in [0, 0.1) is 6.92 Å². The van der Waals surface area contributed by atoms with Crippen molar-refractivity contribution in [3.05, 3.63) is 59.7 Å². The number of pyridine rings is 1. The second-order valence-electron chi connectivity index (χ2n) is 4.89. The van der Waals surface area contributed by atoms with E-state index in [1.807, 2.05) is 38.5 Å². The van der Waals surface area contributed by atoms with E-state index in [2.05, 4.69) is 27.6 Å². The fourth-order valence-electron chi connectivity index (χ4n) is 2.64.